The summed E-state index contributed by atoms with van der Waals surface area (Å²) in [7, 11) is 0. The molecule has 7 rings (SSSR count). The van der Waals surface area contributed by atoms with Crippen molar-refractivity contribution < 1.29 is 19.4 Å². The van der Waals surface area contributed by atoms with Gasteiger partial charge in [0, 0.05) is 19.0 Å². The molecule has 47 heavy (non-hydrogen) atoms. The lowest BCUT2D eigenvalue weighted by Gasteiger charge is -2.54. The van der Waals surface area contributed by atoms with E-state index < -0.39 is 12.3 Å². The van der Waals surface area contributed by atoms with Gasteiger partial charge in [-0.2, -0.15) is 0 Å². The van der Waals surface area contributed by atoms with Crippen LogP contribution in [0.5, 0.6) is 5.75 Å². The van der Waals surface area contributed by atoms with E-state index in [0.29, 0.717) is 30.6 Å². The van der Waals surface area contributed by atoms with Gasteiger partial charge in [-0.3, -0.25) is 4.79 Å². The maximum atomic E-state index is 16.2. The topological polar surface area (TPSA) is 60.8 Å². The average molecular weight is 640 g/mol. The number of benzene rings is 3. The first-order valence-corrected chi connectivity index (χ1v) is 18.7. The van der Waals surface area contributed by atoms with Crippen molar-refractivity contribution in [3.8, 4) is 5.75 Å². The highest BCUT2D eigenvalue weighted by Crippen LogP contribution is 2.63. The van der Waals surface area contributed by atoms with Crippen molar-refractivity contribution in [1.29, 1.82) is 0 Å². The Morgan fingerprint density at radius 3 is 2.57 bits per heavy atom. The van der Waals surface area contributed by atoms with Crippen molar-refractivity contribution in [2.24, 2.45) is 29.1 Å². The third kappa shape index (κ3) is 6.71. The zero-order chi connectivity index (χ0) is 32.5. The van der Waals surface area contributed by atoms with Gasteiger partial charge in [-0.25, -0.2) is 4.39 Å². The minimum absolute atomic E-state index is 0.147. The van der Waals surface area contributed by atoms with E-state index in [1.165, 1.54) is 42.9 Å². The molecule has 0 heterocycles. The Kier molecular flexibility index (Phi) is 9.65. The van der Waals surface area contributed by atoms with Gasteiger partial charge < -0.3 is 15.1 Å². The number of unbranched alkanes of at least 4 members (excludes halogenated alkanes) is 2. The third-order valence-corrected chi connectivity index (χ3v) is 13.0. The van der Waals surface area contributed by atoms with Crippen molar-refractivity contribution in [1.82, 2.24) is 4.90 Å². The lowest BCUT2D eigenvalue weighted by atomic mass is 9.51. The van der Waals surface area contributed by atoms with Crippen molar-refractivity contribution in [3.63, 3.8) is 0 Å². The molecule has 1 amide bonds. The summed E-state index contributed by atoms with van der Waals surface area (Å²) in [5, 5.41) is 23.7. The molecule has 0 radical (unpaired) electrons. The molecule has 4 aliphatic carbocycles. The van der Waals surface area contributed by atoms with Crippen LogP contribution in [0.25, 0.3) is 10.8 Å². The first kappa shape index (κ1) is 32.6. The van der Waals surface area contributed by atoms with Crippen molar-refractivity contribution in [2.75, 3.05) is 13.1 Å². The molecule has 7 atom stereocenters. The van der Waals surface area contributed by atoms with E-state index in [4.69, 9.17) is 0 Å². The molecule has 252 valence electrons. The summed E-state index contributed by atoms with van der Waals surface area (Å²) in [5.74, 6) is 1.87. The number of hydrogen-bond donors (Lipinski definition) is 2. The van der Waals surface area contributed by atoms with Gasteiger partial charge in [-0.1, -0.05) is 87.6 Å². The molecule has 0 aliphatic heterocycles. The number of carbonyl (C=O) groups excluding carboxylic acids is 1. The number of phenols is 1. The van der Waals surface area contributed by atoms with Crippen LogP contribution in [-0.4, -0.2) is 46.4 Å². The Labute approximate surface area is 280 Å². The number of halogens is 1. The predicted octanol–water partition coefficient (Wildman–Crippen LogP) is 9.15. The van der Waals surface area contributed by atoms with E-state index in [2.05, 4.69) is 54.3 Å². The number of phenolic OH excluding ortho intramolecular Hbond substituents is 1. The zero-order valence-electron chi connectivity index (χ0n) is 28.3. The first-order chi connectivity index (χ1) is 22.8. The monoisotopic (exact) mass is 639 g/mol. The SMILES string of the molecule is C[C@]12C[C@H](F)[C@@H]3c4ccc(O)cc4C[C@@H](CCCCCN(CC4CCCCC4)C(=O)Cc4ccc5ccccc5c4)[C@H]3[C@@H]1CC[C@@H]2O. The molecule has 0 aromatic heterocycles. The molecule has 0 spiro atoms. The first-order valence-electron chi connectivity index (χ1n) is 18.7. The number of rotatable bonds is 10. The van der Waals surface area contributed by atoms with E-state index >= 15 is 4.39 Å². The second-order valence-corrected chi connectivity index (χ2v) is 15.9. The van der Waals surface area contributed by atoms with Crippen LogP contribution in [0.4, 0.5) is 4.39 Å². The van der Waals surface area contributed by atoms with Gasteiger partial charge in [0.1, 0.15) is 11.9 Å². The van der Waals surface area contributed by atoms with Crippen molar-refractivity contribution in [3.05, 3.63) is 77.4 Å². The fourth-order valence-electron chi connectivity index (χ4n) is 10.6. The summed E-state index contributed by atoms with van der Waals surface area (Å²) in [5.41, 5.74) is 2.93. The number of aliphatic hydroxyl groups is 1. The van der Waals surface area contributed by atoms with Gasteiger partial charge >= 0.3 is 0 Å². The van der Waals surface area contributed by atoms with E-state index in [1.54, 1.807) is 6.07 Å². The Morgan fingerprint density at radius 2 is 1.74 bits per heavy atom. The molecular formula is C42H54FNO3. The highest BCUT2D eigenvalue weighted by Gasteiger charge is 2.59. The van der Waals surface area contributed by atoms with E-state index in [9.17, 15) is 15.0 Å². The second-order valence-electron chi connectivity index (χ2n) is 15.9. The molecule has 0 saturated heterocycles. The molecular weight excluding hydrogens is 585 g/mol. The quantitative estimate of drug-likeness (QED) is 0.218. The summed E-state index contributed by atoms with van der Waals surface area (Å²) < 4.78 is 16.2. The molecule has 2 N–H and O–H groups in total. The van der Waals surface area contributed by atoms with Crippen LogP contribution in [0.3, 0.4) is 0 Å². The fraction of sp³-hybridized carbons (Fsp3) is 0.595. The molecule has 4 nitrogen and oxygen atoms in total. The summed E-state index contributed by atoms with van der Waals surface area (Å²) in [6.45, 7) is 3.81. The number of aliphatic hydroxyl groups excluding tert-OH is 1. The molecule has 5 heteroatoms. The van der Waals surface area contributed by atoms with Crippen LogP contribution in [0.2, 0.25) is 0 Å². The van der Waals surface area contributed by atoms with Gasteiger partial charge in [0.05, 0.1) is 12.5 Å². The van der Waals surface area contributed by atoms with E-state index in [-0.39, 0.29) is 28.9 Å². The van der Waals surface area contributed by atoms with Crippen LogP contribution < -0.4 is 0 Å². The predicted molar refractivity (Wildman–Crippen MR) is 187 cm³/mol. The number of fused-ring (bicyclic) bond motifs is 6. The van der Waals surface area contributed by atoms with Gasteiger partial charge in [-0.05, 0) is 120 Å². The lowest BCUT2D eigenvalue weighted by molar-refractivity contribution is -0.131. The highest BCUT2D eigenvalue weighted by atomic mass is 19.1. The average Bonchev–Trinajstić information content (AvgIpc) is 3.36. The van der Waals surface area contributed by atoms with Gasteiger partial charge in [0.25, 0.3) is 0 Å². The maximum Gasteiger partial charge on any atom is 0.226 e. The summed E-state index contributed by atoms with van der Waals surface area (Å²) in [6, 6.07) is 20.3. The third-order valence-electron chi connectivity index (χ3n) is 13.0. The molecule has 3 saturated carbocycles. The molecule has 4 aliphatic rings. The lowest BCUT2D eigenvalue weighted by Crippen LogP contribution is -2.51. The standard InChI is InChI=1S/C42H54FNO3/c1-42-26-37(43)41-35-18-17-34(45)25-33(35)24-32(40(41)36(42)19-20-38(42)46)14-6-3-9-21-44(27-28-10-4-2-5-11-28)39(47)23-29-15-16-30-12-7-8-13-31(30)22-29/h7-8,12-13,15-18,22,25,28,32,36-38,40-41,45-46H,2-6,9-11,14,19-21,23-24,26-27H2,1H3/t32-,36+,37+,38+,40+,41+,42+/m1/s1. The minimum atomic E-state index is -0.970. The Morgan fingerprint density at radius 1 is 0.936 bits per heavy atom. The number of alkyl halides is 1. The number of carbonyl (C=O) groups is 1. The number of nitrogens with zero attached hydrogens (tertiary/aromatic N) is 1. The summed E-state index contributed by atoms with van der Waals surface area (Å²) >= 11 is 0. The van der Waals surface area contributed by atoms with Gasteiger partial charge in [0.15, 0.2) is 0 Å². The largest absolute Gasteiger partial charge is 0.508 e. The molecule has 3 aromatic carbocycles. The normalized spacial score (nSPS) is 30.4. The molecule has 0 unspecified atom stereocenters. The number of aromatic hydroxyl groups is 1. The smallest absolute Gasteiger partial charge is 0.226 e. The Bertz CT molecular complexity index is 1550. The Balaban J connectivity index is 1.01. The summed E-state index contributed by atoms with van der Waals surface area (Å²) in [6.07, 6.45) is 12.6. The van der Waals surface area contributed by atoms with E-state index in [0.717, 1.165) is 74.7 Å². The summed E-state index contributed by atoms with van der Waals surface area (Å²) in [4.78, 5) is 15.9. The van der Waals surface area contributed by atoms with Crippen molar-refractivity contribution >= 4 is 16.7 Å². The Hall–Kier alpha value is -2.92. The van der Waals surface area contributed by atoms with Crippen LogP contribution in [0.1, 0.15) is 107 Å². The number of hydrogen-bond acceptors (Lipinski definition) is 3. The van der Waals surface area contributed by atoms with Crippen LogP contribution in [0.15, 0.2) is 60.7 Å². The maximum absolute atomic E-state index is 16.2. The minimum Gasteiger partial charge on any atom is -0.508 e. The van der Waals surface area contributed by atoms with Crippen LogP contribution >= 0.6 is 0 Å². The second kappa shape index (κ2) is 13.9. The highest BCUT2D eigenvalue weighted by molar-refractivity contribution is 5.85. The van der Waals surface area contributed by atoms with Gasteiger partial charge in [0.2, 0.25) is 5.91 Å². The van der Waals surface area contributed by atoms with Gasteiger partial charge in [-0.15, -0.1) is 0 Å². The van der Waals surface area contributed by atoms with Crippen LogP contribution in [0, 0.1) is 29.1 Å². The van der Waals surface area contributed by atoms with E-state index in [1.807, 2.05) is 12.1 Å². The fourth-order valence-corrected chi connectivity index (χ4v) is 10.6. The number of amides is 1. The molecule has 0 bridgehead atoms. The zero-order valence-corrected chi connectivity index (χ0v) is 28.3. The van der Waals surface area contributed by atoms with Crippen molar-refractivity contribution in [2.45, 2.75) is 115 Å². The molecule has 3 aromatic rings. The van der Waals surface area contributed by atoms with Crippen LogP contribution in [-0.2, 0) is 17.6 Å². The molecule has 3 fully saturated rings.